The summed E-state index contributed by atoms with van der Waals surface area (Å²) in [6.45, 7) is 4.45. The van der Waals surface area contributed by atoms with Gasteiger partial charge in [0.05, 0.1) is 5.41 Å². The average Bonchev–Trinajstić information content (AvgIpc) is 2.61. The van der Waals surface area contributed by atoms with Gasteiger partial charge in [-0.25, -0.2) is 4.79 Å². The van der Waals surface area contributed by atoms with Gasteiger partial charge >= 0.3 is 12.0 Å². The molecule has 1 atom stereocenters. The van der Waals surface area contributed by atoms with Gasteiger partial charge in [-0.05, 0) is 20.3 Å². The van der Waals surface area contributed by atoms with Crippen molar-refractivity contribution < 1.29 is 14.7 Å². The van der Waals surface area contributed by atoms with Gasteiger partial charge in [-0.3, -0.25) is 4.79 Å². The summed E-state index contributed by atoms with van der Waals surface area (Å²) in [5, 5.41) is 11.5. The highest BCUT2D eigenvalue weighted by Crippen LogP contribution is 2.14. The highest BCUT2D eigenvalue weighted by Gasteiger charge is 2.29. The number of carboxylic acid groups (broad SMARTS) is 1. The lowest BCUT2D eigenvalue weighted by atomic mass is 9.94. The van der Waals surface area contributed by atoms with Crippen LogP contribution in [0.15, 0.2) is 0 Å². The fourth-order valence-corrected chi connectivity index (χ4v) is 1.46. The normalized spacial score (nSPS) is 20.9. The third-order valence-electron chi connectivity index (χ3n) is 2.77. The lowest BCUT2D eigenvalue weighted by Gasteiger charge is -2.22. The molecule has 2 amide bonds. The largest absolute Gasteiger partial charge is 0.481 e. The summed E-state index contributed by atoms with van der Waals surface area (Å²) in [4.78, 5) is 24.1. The Morgan fingerprint density at radius 1 is 1.56 bits per heavy atom. The van der Waals surface area contributed by atoms with E-state index in [2.05, 4.69) is 5.32 Å². The molecule has 1 fully saturated rings. The molecule has 0 saturated carbocycles. The molecule has 1 aliphatic heterocycles. The number of amides is 2. The van der Waals surface area contributed by atoms with Crippen molar-refractivity contribution in [2.75, 3.05) is 19.6 Å². The molecule has 0 aromatic heterocycles. The fourth-order valence-electron chi connectivity index (χ4n) is 1.46. The maximum absolute atomic E-state index is 11.6. The standard InChI is InChI=1S/C10H19N3O3/c1-10(2,8(14)15)6-12-9(16)13-4-3-7(11)5-13/h7H,3-6,11H2,1-2H3,(H,12,16)(H,14,15). The summed E-state index contributed by atoms with van der Waals surface area (Å²) in [5.41, 5.74) is 4.73. The van der Waals surface area contributed by atoms with E-state index >= 15 is 0 Å². The Balaban J connectivity index is 2.38. The minimum atomic E-state index is -0.947. The summed E-state index contributed by atoms with van der Waals surface area (Å²) in [5.74, 6) is -0.925. The Morgan fingerprint density at radius 2 is 2.19 bits per heavy atom. The molecular formula is C10H19N3O3. The maximum Gasteiger partial charge on any atom is 0.317 e. The summed E-state index contributed by atoms with van der Waals surface area (Å²) in [7, 11) is 0. The van der Waals surface area contributed by atoms with Crippen LogP contribution in [0.25, 0.3) is 0 Å². The lowest BCUT2D eigenvalue weighted by molar-refractivity contribution is -0.146. The molecule has 1 saturated heterocycles. The van der Waals surface area contributed by atoms with Gasteiger partial charge in [0.25, 0.3) is 0 Å². The first kappa shape index (κ1) is 12.8. The smallest absolute Gasteiger partial charge is 0.317 e. The zero-order valence-corrected chi connectivity index (χ0v) is 9.69. The number of carbonyl (C=O) groups is 2. The number of carbonyl (C=O) groups excluding carboxylic acids is 1. The Hall–Kier alpha value is -1.30. The molecule has 0 spiro atoms. The molecule has 1 rings (SSSR count). The van der Waals surface area contributed by atoms with E-state index in [1.54, 1.807) is 18.7 Å². The van der Waals surface area contributed by atoms with E-state index in [1.165, 1.54) is 0 Å². The number of aliphatic carboxylic acids is 1. The first-order chi connectivity index (χ1) is 7.33. The number of nitrogens with two attached hydrogens (primary N) is 1. The molecule has 0 bridgehead atoms. The number of nitrogens with one attached hydrogen (secondary N) is 1. The molecule has 0 radical (unpaired) electrons. The Morgan fingerprint density at radius 3 is 2.62 bits per heavy atom. The van der Waals surface area contributed by atoms with Crippen LogP contribution in [-0.2, 0) is 4.79 Å². The number of carboxylic acids is 1. The Kier molecular flexibility index (Phi) is 3.74. The van der Waals surface area contributed by atoms with Crippen LogP contribution in [0.4, 0.5) is 4.79 Å². The topological polar surface area (TPSA) is 95.7 Å². The van der Waals surface area contributed by atoms with Gasteiger partial charge in [0, 0.05) is 25.7 Å². The number of rotatable bonds is 3. The van der Waals surface area contributed by atoms with Gasteiger partial charge in [0.15, 0.2) is 0 Å². The quantitative estimate of drug-likeness (QED) is 0.626. The molecule has 16 heavy (non-hydrogen) atoms. The van der Waals surface area contributed by atoms with Crippen molar-refractivity contribution in [3.63, 3.8) is 0 Å². The van der Waals surface area contributed by atoms with Gasteiger partial charge in [-0.15, -0.1) is 0 Å². The van der Waals surface area contributed by atoms with E-state index in [4.69, 9.17) is 10.8 Å². The van der Waals surface area contributed by atoms with Gasteiger partial charge in [0.1, 0.15) is 0 Å². The second kappa shape index (κ2) is 4.69. The van der Waals surface area contributed by atoms with Crippen molar-refractivity contribution >= 4 is 12.0 Å². The van der Waals surface area contributed by atoms with Crippen molar-refractivity contribution in [1.82, 2.24) is 10.2 Å². The zero-order valence-electron chi connectivity index (χ0n) is 9.69. The fraction of sp³-hybridized carbons (Fsp3) is 0.800. The van der Waals surface area contributed by atoms with Gasteiger partial charge in [0.2, 0.25) is 0 Å². The molecule has 1 unspecified atom stereocenters. The van der Waals surface area contributed by atoms with Gasteiger partial charge in [-0.1, -0.05) is 0 Å². The van der Waals surface area contributed by atoms with Crippen molar-refractivity contribution in [3.05, 3.63) is 0 Å². The van der Waals surface area contributed by atoms with Gasteiger partial charge in [-0.2, -0.15) is 0 Å². The van der Waals surface area contributed by atoms with E-state index < -0.39 is 11.4 Å². The van der Waals surface area contributed by atoms with E-state index in [9.17, 15) is 9.59 Å². The van der Waals surface area contributed by atoms with E-state index in [1.807, 2.05) is 0 Å². The molecule has 0 aliphatic carbocycles. The van der Waals surface area contributed by atoms with Crippen molar-refractivity contribution in [1.29, 1.82) is 0 Å². The lowest BCUT2D eigenvalue weighted by Crippen LogP contribution is -2.45. The second-order valence-corrected chi connectivity index (χ2v) is 4.84. The minimum Gasteiger partial charge on any atom is -0.481 e. The van der Waals surface area contributed by atoms with Gasteiger partial charge < -0.3 is 21.1 Å². The van der Waals surface area contributed by atoms with Crippen LogP contribution in [0.2, 0.25) is 0 Å². The molecule has 4 N–H and O–H groups in total. The minimum absolute atomic E-state index is 0.0400. The summed E-state index contributed by atoms with van der Waals surface area (Å²) < 4.78 is 0. The van der Waals surface area contributed by atoms with E-state index in [-0.39, 0.29) is 18.6 Å². The first-order valence-electron chi connectivity index (χ1n) is 5.34. The number of likely N-dealkylation sites (tertiary alicyclic amines) is 1. The van der Waals surface area contributed by atoms with Crippen molar-refractivity contribution in [2.24, 2.45) is 11.1 Å². The Bertz CT molecular complexity index is 291. The molecule has 0 aromatic rings. The summed E-state index contributed by atoms with van der Waals surface area (Å²) >= 11 is 0. The molecule has 92 valence electrons. The number of hydrogen-bond donors (Lipinski definition) is 3. The molecule has 0 aromatic carbocycles. The maximum atomic E-state index is 11.6. The van der Waals surface area contributed by atoms with Crippen LogP contribution < -0.4 is 11.1 Å². The predicted octanol–water partition coefficient (Wildman–Crippen LogP) is -0.160. The molecule has 6 nitrogen and oxygen atoms in total. The van der Waals surface area contributed by atoms with Crippen LogP contribution in [0.3, 0.4) is 0 Å². The Labute approximate surface area is 94.8 Å². The predicted molar refractivity (Wildman–Crippen MR) is 59.0 cm³/mol. The molecule has 6 heteroatoms. The third-order valence-corrected chi connectivity index (χ3v) is 2.77. The van der Waals surface area contributed by atoms with Crippen LogP contribution in [0.5, 0.6) is 0 Å². The number of hydrogen-bond acceptors (Lipinski definition) is 3. The summed E-state index contributed by atoms with van der Waals surface area (Å²) in [6, 6.07) is -0.194. The van der Waals surface area contributed by atoms with Crippen LogP contribution in [0, 0.1) is 5.41 Å². The number of nitrogens with zero attached hydrogens (tertiary/aromatic N) is 1. The zero-order chi connectivity index (χ0) is 12.3. The average molecular weight is 229 g/mol. The monoisotopic (exact) mass is 229 g/mol. The molecule has 1 heterocycles. The number of urea groups is 1. The summed E-state index contributed by atoms with van der Waals surface area (Å²) in [6.07, 6.45) is 0.801. The van der Waals surface area contributed by atoms with E-state index in [0.29, 0.717) is 13.1 Å². The first-order valence-corrected chi connectivity index (χ1v) is 5.34. The second-order valence-electron chi connectivity index (χ2n) is 4.84. The SMILES string of the molecule is CC(C)(CNC(=O)N1CCC(N)C1)C(=O)O. The van der Waals surface area contributed by atoms with Crippen LogP contribution >= 0.6 is 0 Å². The molecular weight excluding hydrogens is 210 g/mol. The highest BCUT2D eigenvalue weighted by molar-refractivity contribution is 5.77. The van der Waals surface area contributed by atoms with Crippen molar-refractivity contribution in [2.45, 2.75) is 26.3 Å². The van der Waals surface area contributed by atoms with Crippen molar-refractivity contribution in [3.8, 4) is 0 Å². The third kappa shape index (κ3) is 3.10. The van der Waals surface area contributed by atoms with Crippen LogP contribution in [-0.4, -0.2) is 47.7 Å². The van der Waals surface area contributed by atoms with E-state index in [0.717, 1.165) is 6.42 Å². The van der Waals surface area contributed by atoms with Crippen LogP contribution in [0.1, 0.15) is 20.3 Å². The highest BCUT2D eigenvalue weighted by atomic mass is 16.4. The molecule has 1 aliphatic rings.